The Kier molecular flexibility index (Phi) is 3.57. The number of nitrogen functional groups attached to an aromatic ring is 1. The van der Waals surface area contributed by atoms with Crippen LogP contribution >= 0.6 is 11.6 Å². The van der Waals surface area contributed by atoms with Gasteiger partial charge in [0.25, 0.3) is 0 Å². The van der Waals surface area contributed by atoms with E-state index >= 15 is 0 Å². The van der Waals surface area contributed by atoms with Crippen molar-refractivity contribution in [1.82, 2.24) is 4.90 Å². The van der Waals surface area contributed by atoms with Gasteiger partial charge in [0.1, 0.15) is 0 Å². The number of hydrogen-bond acceptors (Lipinski definition) is 2. The quantitative estimate of drug-likeness (QED) is 0.841. The number of amides is 1. The van der Waals surface area contributed by atoms with Crippen molar-refractivity contribution in [2.75, 3.05) is 12.3 Å². The number of likely N-dealkylation sites (tertiary alicyclic amines) is 1. The fourth-order valence-electron chi connectivity index (χ4n) is 2.20. The first-order chi connectivity index (χ1) is 8.10. The van der Waals surface area contributed by atoms with Crippen molar-refractivity contribution in [1.29, 1.82) is 0 Å². The molecule has 1 aliphatic rings. The molecule has 0 radical (unpaired) electrons. The molecule has 1 unspecified atom stereocenters. The molecule has 3 nitrogen and oxygen atoms in total. The highest BCUT2D eigenvalue weighted by atomic mass is 35.5. The first-order valence-electron chi connectivity index (χ1n) is 5.91. The van der Waals surface area contributed by atoms with E-state index in [1.165, 1.54) is 0 Å². The fourth-order valence-corrected chi connectivity index (χ4v) is 2.39. The molecule has 1 amide bonds. The lowest BCUT2D eigenvalue weighted by molar-refractivity contribution is -0.128. The van der Waals surface area contributed by atoms with Crippen molar-refractivity contribution in [3.63, 3.8) is 0 Å². The third kappa shape index (κ3) is 2.72. The van der Waals surface area contributed by atoms with Crippen LogP contribution in [0.4, 0.5) is 5.69 Å². The lowest BCUT2D eigenvalue weighted by atomic mass is 10.1. The van der Waals surface area contributed by atoms with Gasteiger partial charge in [0, 0.05) is 30.2 Å². The van der Waals surface area contributed by atoms with Crippen molar-refractivity contribution >= 4 is 23.2 Å². The highest BCUT2D eigenvalue weighted by Gasteiger charge is 2.28. The highest BCUT2D eigenvalue weighted by Crippen LogP contribution is 2.25. The number of rotatable bonds is 3. The molecule has 1 saturated heterocycles. The van der Waals surface area contributed by atoms with Gasteiger partial charge in [-0.15, -0.1) is 0 Å². The van der Waals surface area contributed by atoms with Crippen LogP contribution in [0.15, 0.2) is 18.2 Å². The SMILES string of the molecule is CCC1CC(=O)N(Cc2cc(Cl)ccc2N)C1. The van der Waals surface area contributed by atoms with E-state index in [0.717, 1.165) is 18.5 Å². The molecule has 0 bridgehead atoms. The number of hydrogen-bond donors (Lipinski definition) is 1. The van der Waals surface area contributed by atoms with E-state index in [1.807, 2.05) is 11.0 Å². The maximum atomic E-state index is 11.8. The summed E-state index contributed by atoms with van der Waals surface area (Å²) < 4.78 is 0. The smallest absolute Gasteiger partial charge is 0.223 e. The zero-order valence-corrected chi connectivity index (χ0v) is 10.7. The van der Waals surface area contributed by atoms with Crippen LogP contribution in [0.25, 0.3) is 0 Å². The van der Waals surface area contributed by atoms with E-state index in [1.54, 1.807) is 12.1 Å². The van der Waals surface area contributed by atoms with Gasteiger partial charge in [-0.2, -0.15) is 0 Å². The number of carbonyl (C=O) groups is 1. The van der Waals surface area contributed by atoms with Crippen molar-refractivity contribution < 1.29 is 4.79 Å². The number of halogens is 1. The van der Waals surface area contributed by atoms with Gasteiger partial charge in [-0.3, -0.25) is 4.79 Å². The molecule has 1 aromatic carbocycles. The molecule has 17 heavy (non-hydrogen) atoms. The van der Waals surface area contributed by atoms with Gasteiger partial charge in [-0.05, 0) is 29.7 Å². The zero-order chi connectivity index (χ0) is 12.4. The average molecular weight is 253 g/mol. The molecular weight excluding hydrogens is 236 g/mol. The molecule has 1 atom stereocenters. The third-order valence-electron chi connectivity index (χ3n) is 3.34. The standard InChI is InChI=1S/C13H17ClN2O/c1-2-9-5-13(17)16(7-9)8-10-6-11(14)3-4-12(10)15/h3-4,6,9H,2,5,7-8,15H2,1H3. The van der Waals surface area contributed by atoms with Crippen molar-refractivity contribution in [3.8, 4) is 0 Å². The van der Waals surface area contributed by atoms with E-state index in [-0.39, 0.29) is 5.91 Å². The molecule has 0 spiro atoms. The van der Waals surface area contributed by atoms with E-state index in [4.69, 9.17) is 17.3 Å². The van der Waals surface area contributed by atoms with Crippen molar-refractivity contribution in [2.45, 2.75) is 26.3 Å². The molecule has 0 saturated carbocycles. The van der Waals surface area contributed by atoms with Gasteiger partial charge in [-0.25, -0.2) is 0 Å². The van der Waals surface area contributed by atoms with Crippen LogP contribution in [0.3, 0.4) is 0 Å². The number of nitrogens with zero attached hydrogens (tertiary/aromatic N) is 1. The number of nitrogens with two attached hydrogens (primary N) is 1. The predicted octanol–water partition coefficient (Wildman–Crippen LogP) is 2.68. The minimum absolute atomic E-state index is 0.219. The van der Waals surface area contributed by atoms with E-state index < -0.39 is 0 Å². The molecule has 92 valence electrons. The lowest BCUT2D eigenvalue weighted by Gasteiger charge is -2.17. The van der Waals surface area contributed by atoms with Crippen LogP contribution in [0.1, 0.15) is 25.3 Å². The first-order valence-corrected chi connectivity index (χ1v) is 6.29. The fraction of sp³-hybridized carbons (Fsp3) is 0.462. The van der Waals surface area contributed by atoms with Crippen molar-refractivity contribution in [3.05, 3.63) is 28.8 Å². The number of carbonyl (C=O) groups excluding carboxylic acids is 1. The van der Waals surface area contributed by atoms with Crippen LogP contribution in [0, 0.1) is 5.92 Å². The van der Waals surface area contributed by atoms with Gasteiger partial charge >= 0.3 is 0 Å². The molecule has 1 fully saturated rings. The molecule has 0 aromatic heterocycles. The minimum Gasteiger partial charge on any atom is -0.398 e. The normalized spacial score (nSPS) is 20.0. The highest BCUT2D eigenvalue weighted by molar-refractivity contribution is 6.30. The maximum Gasteiger partial charge on any atom is 0.223 e. The minimum atomic E-state index is 0.219. The van der Waals surface area contributed by atoms with E-state index in [0.29, 0.717) is 29.6 Å². The summed E-state index contributed by atoms with van der Waals surface area (Å²) in [5.41, 5.74) is 7.51. The van der Waals surface area contributed by atoms with E-state index in [9.17, 15) is 4.79 Å². The molecule has 0 aliphatic carbocycles. The Morgan fingerprint density at radius 3 is 2.94 bits per heavy atom. The largest absolute Gasteiger partial charge is 0.398 e. The Hall–Kier alpha value is -1.22. The molecule has 1 aliphatic heterocycles. The Bertz CT molecular complexity index is 433. The molecule has 1 heterocycles. The summed E-state index contributed by atoms with van der Waals surface area (Å²) in [7, 11) is 0. The van der Waals surface area contributed by atoms with Crippen molar-refractivity contribution in [2.24, 2.45) is 5.92 Å². The molecular formula is C13H17ClN2O. The summed E-state index contributed by atoms with van der Waals surface area (Å²) in [5.74, 6) is 0.708. The summed E-state index contributed by atoms with van der Waals surface area (Å²) in [6, 6.07) is 5.39. The second-order valence-corrected chi connectivity index (χ2v) is 5.03. The first kappa shape index (κ1) is 12.2. The second kappa shape index (κ2) is 4.96. The van der Waals surface area contributed by atoms with Gasteiger partial charge in [0.15, 0.2) is 0 Å². The summed E-state index contributed by atoms with van der Waals surface area (Å²) in [4.78, 5) is 13.7. The predicted molar refractivity (Wildman–Crippen MR) is 69.7 cm³/mol. The van der Waals surface area contributed by atoms with E-state index in [2.05, 4.69) is 6.92 Å². The number of benzene rings is 1. The van der Waals surface area contributed by atoms with Crippen LogP contribution in [-0.2, 0) is 11.3 Å². The van der Waals surface area contributed by atoms with Crippen LogP contribution in [0.5, 0.6) is 0 Å². The maximum absolute atomic E-state index is 11.8. The Morgan fingerprint density at radius 1 is 1.53 bits per heavy atom. The summed E-state index contributed by atoms with van der Waals surface area (Å²) in [5, 5.41) is 0.660. The summed E-state index contributed by atoms with van der Waals surface area (Å²) in [6.07, 6.45) is 1.71. The van der Waals surface area contributed by atoms with Crippen LogP contribution < -0.4 is 5.73 Å². The molecule has 4 heteroatoms. The second-order valence-electron chi connectivity index (χ2n) is 4.60. The summed E-state index contributed by atoms with van der Waals surface area (Å²) in [6.45, 7) is 3.53. The third-order valence-corrected chi connectivity index (χ3v) is 3.57. The van der Waals surface area contributed by atoms with Crippen LogP contribution in [-0.4, -0.2) is 17.4 Å². The molecule has 2 N–H and O–H groups in total. The zero-order valence-electron chi connectivity index (χ0n) is 9.95. The van der Waals surface area contributed by atoms with Crippen LogP contribution in [0.2, 0.25) is 5.02 Å². The average Bonchev–Trinajstić information content (AvgIpc) is 2.65. The van der Waals surface area contributed by atoms with Gasteiger partial charge in [0.05, 0.1) is 0 Å². The van der Waals surface area contributed by atoms with Gasteiger partial charge < -0.3 is 10.6 Å². The summed E-state index contributed by atoms with van der Waals surface area (Å²) >= 11 is 5.94. The topological polar surface area (TPSA) is 46.3 Å². The lowest BCUT2D eigenvalue weighted by Crippen LogP contribution is -2.25. The van der Waals surface area contributed by atoms with Gasteiger partial charge in [-0.1, -0.05) is 24.9 Å². The Morgan fingerprint density at radius 2 is 2.29 bits per heavy atom. The molecule has 1 aromatic rings. The Labute approximate surface area is 107 Å². The Balaban J connectivity index is 2.11. The van der Waals surface area contributed by atoms with Gasteiger partial charge in [0.2, 0.25) is 5.91 Å². The number of anilines is 1. The monoisotopic (exact) mass is 252 g/mol. The molecule has 2 rings (SSSR count).